The average molecular weight is 830 g/mol. The van der Waals surface area contributed by atoms with Gasteiger partial charge in [0.2, 0.25) is 0 Å². The molecule has 0 N–H and O–H groups in total. The van der Waals surface area contributed by atoms with E-state index in [9.17, 15) is 0 Å². The Hall–Kier alpha value is -8.87. The van der Waals surface area contributed by atoms with Crippen molar-refractivity contribution < 1.29 is 4.42 Å². The Morgan fingerprint density at radius 3 is 1.78 bits per heavy atom. The first-order valence-corrected chi connectivity index (χ1v) is 21.9. The molecule has 6 heteroatoms. The van der Waals surface area contributed by atoms with Crippen molar-refractivity contribution in [3.05, 3.63) is 212 Å². The van der Waals surface area contributed by atoms with Gasteiger partial charge in [0.15, 0.2) is 17.5 Å². The van der Waals surface area contributed by atoms with Crippen molar-refractivity contribution in [2.24, 2.45) is 0 Å². The zero-order valence-electron chi connectivity index (χ0n) is 34.9. The molecule has 0 atom stereocenters. The summed E-state index contributed by atoms with van der Waals surface area (Å²) < 4.78 is 11.7. The van der Waals surface area contributed by atoms with E-state index >= 15 is 0 Å². The second-order valence-corrected chi connectivity index (χ2v) is 16.8. The number of aromatic nitrogens is 5. The van der Waals surface area contributed by atoms with Gasteiger partial charge in [0.25, 0.3) is 0 Å². The van der Waals surface area contributed by atoms with E-state index < -0.39 is 0 Å². The van der Waals surface area contributed by atoms with Crippen molar-refractivity contribution in [1.29, 1.82) is 0 Å². The Morgan fingerprint density at radius 1 is 0.354 bits per heavy atom. The summed E-state index contributed by atoms with van der Waals surface area (Å²) in [5.41, 5.74) is 10.4. The number of furan rings is 1. The fourth-order valence-corrected chi connectivity index (χ4v) is 10.2. The third-order valence-electron chi connectivity index (χ3n) is 13.1. The summed E-state index contributed by atoms with van der Waals surface area (Å²) in [6.07, 6.45) is 0. The Bertz CT molecular complexity index is 4250. The highest BCUT2D eigenvalue weighted by atomic mass is 16.3. The van der Waals surface area contributed by atoms with Gasteiger partial charge < -0.3 is 13.6 Å². The van der Waals surface area contributed by atoms with Crippen LogP contribution in [0.3, 0.4) is 0 Å². The number of hydrogen-bond acceptors (Lipinski definition) is 4. The third kappa shape index (κ3) is 5.38. The van der Waals surface area contributed by atoms with Crippen LogP contribution in [0.25, 0.3) is 133 Å². The lowest BCUT2D eigenvalue weighted by atomic mass is 10.0. The van der Waals surface area contributed by atoms with Gasteiger partial charge in [-0.15, -0.1) is 0 Å². The van der Waals surface area contributed by atoms with E-state index in [0.29, 0.717) is 23.1 Å². The molecule has 0 aliphatic carbocycles. The highest BCUT2D eigenvalue weighted by Gasteiger charge is 2.26. The van der Waals surface area contributed by atoms with E-state index in [2.05, 4.69) is 209 Å². The molecular formula is C59H35N5O. The minimum atomic E-state index is 0.518. The number of hydrogen-bond donors (Lipinski definition) is 0. The zero-order chi connectivity index (χ0) is 42.6. The summed E-state index contributed by atoms with van der Waals surface area (Å²) in [5, 5.41) is 11.3. The maximum atomic E-state index is 6.99. The molecule has 65 heavy (non-hydrogen) atoms. The van der Waals surface area contributed by atoms with E-state index in [4.69, 9.17) is 19.4 Å². The monoisotopic (exact) mass is 829 g/mol. The summed E-state index contributed by atoms with van der Waals surface area (Å²) in [6.45, 7) is 0. The van der Waals surface area contributed by atoms with Crippen molar-refractivity contribution in [2.75, 3.05) is 0 Å². The predicted molar refractivity (Wildman–Crippen MR) is 267 cm³/mol. The van der Waals surface area contributed by atoms with E-state index in [1.54, 1.807) is 0 Å². The molecule has 14 aromatic rings. The van der Waals surface area contributed by atoms with Crippen molar-refractivity contribution in [1.82, 2.24) is 24.1 Å². The summed E-state index contributed by atoms with van der Waals surface area (Å²) in [5.74, 6) is 1.65. The van der Waals surface area contributed by atoms with Gasteiger partial charge in [-0.2, -0.15) is 0 Å². The molecule has 4 heterocycles. The molecule has 10 aromatic carbocycles. The lowest BCUT2D eigenvalue weighted by Gasteiger charge is -2.16. The van der Waals surface area contributed by atoms with Gasteiger partial charge in [-0.05, 0) is 88.3 Å². The summed E-state index contributed by atoms with van der Waals surface area (Å²) in [4.78, 5) is 16.6. The van der Waals surface area contributed by atoms with Crippen LogP contribution < -0.4 is 0 Å². The quantitative estimate of drug-likeness (QED) is 0.173. The highest BCUT2D eigenvalue weighted by molar-refractivity contribution is 6.17. The Labute approximate surface area is 371 Å². The maximum Gasteiger partial charge on any atom is 0.170 e. The number of para-hydroxylation sites is 5. The Balaban J connectivity index is 1.13. The smallest absolute Gasteiger partial charge is 0.170 e. The van der Waals surface area contributed by atoms with Gasteiger partial charge >= 0.3 is 0 Å². The average Bonchev–Trinajstić information content (AvgIpc) is 4.03. The molecule has 302 valence electrons. The SMILES string of the molecule is c1ccc(-n2c3ccccc3c3cccc(-c4nc(-c5ccc6ccccc6c5)nc(-c5c(-n6c7ccccc7c7cc8ccccc8cc76)ccc6c5oc5ccccc56)n4)c32)cc1. The van der Waals surface area contributed by atoms with Crippen LogP contribution in [0.1, 0.15) is 0 Å². The minimum Gasteiger partial charge on any atom is -0.455 e. The third-order valence-corrected chi connectivity index (χ3v) is 13.1. The first kappa shape index (κ1) is 35.7. The molecular weight excluding hydrogens is 795 g/mol. The van der Waals surface area contributed by atoms with Crippen LogP contribution in [-0.4, -0.2) is 24.1 Å². The summed E-state index contributed by atoms with van der Waals surface area (Å²) in [7, 11) is 0. The summed E-state index contributed by atoms with van der Waals surface area (Å²) in [6, 6.07) is 75.0. The molecule has 4 aromatic heterocycles. The van der Waals surface area contributed by atoms with E-state index in [-0.39, 0.29) is 0 Å². The largest absolute Gasteiger partial charge is 0.455 e. The number of benzene rings is 10. The molecule has 0 fully saturated rings. The van der Waals surface area contributed by atoms with Gasteiger partial charge in [0, 0.05) is 49.1 Å². The van der Waals surface area contributed by atoms with Crippen LogP contribution in [0, 0.1) is 0 Å². The second-order valence-electron chi connectivity index (χ2n) is 16.8. The number of nitrogens with zero attached hydrogens (tertiary/aromatic N) is 5. The molecule has 0 saturated carbocycles. The molecule has 0 unspecified atom stereocenters. The molecule has 14 rings (SSSR count). The van der Waals surface area contributed by atoms with Gasteiger partial charge in [0.05, 0.1) is 33.3 Å². The fourth-order valence-electron chi connectivity index (χ4n) is 10.2. The molecule has 6 nitrogen and oxygen atoms in total. The van der Waals surface area contributed by atoms with Crippen molar-refractivity contribution >= 4 is 87.1 Å². The summed E-state index contributed by atoms with van der Waals surface area (Å²) >= 11 is 0. The number of rotatable bonds is 5. The first-order valence-electron chi connectivity index (χ1n) is 21.9. The van der Waals surface area contributed by atoms with Crippen LogP contribution in [0.4, 0.5) is 0 Å². The molecule has 0 aliphatic heterocycles. The van der Waals surface area contributed by atoms with Crippen LogP contribution >= 0.6 is 0 Å². The molecule has 0 bridgehead atoms. The standard InChI is InChI=1S/C59H35N5O/c1-2-19-41(20-3-1)63-49-26-11-8-21-42(49)45-24-14-25-47(55(45)63)58-60-57(40-30-29-36-15-4-5-16-37(36)33-40)61-59(62-58)54-51(32-31-46-44-23-10-13-28-53(44)65-56(46)54)64-50-27-12-9-22-43(50)48-34-38-17-6-7-18-39(38)35-52(48)64/h1-35H. The van der Waals surface area contributed by atoms with Gasteiger partial charge in [-0.3, -0.25) is 0 Å². The van der Waals surface area contributed by atoms with Gasteiger partial charge in [-0.25, -0.2) is 15.0 Å². The Morgan fingerprint density at radius 2 is 0.969 bits per heavy atom. The Kier molecular flexibility index (Phi) is 7.59. The zero-order valence-corrected chi connectivity index (χ0v) is 34.9. The second kappa shape index (κ2) is 13.8. The predicted octanol–water partition coefficient (Wildman–Crippen LogP) is 15.3. The van der Waals surface area contributed by atoms with Crippen LogP contribution in [0.5, 0.6) is 0 Å². The van der Waals surface area contributed by atoms with Crippen molar-refractivity contribution in [3.8, 4) is 45.5 Å². The van der Waals surface area contributed by atoms with Crippen LogP contribution in [0.2, 0.25) is 0 Å². The van der Waals surface area contributed by atoms with Gasteiger partial charge in [-0.1, -0.05) is 146 Å². The molecule has 0 spiro atoms. The van der Waals surface area contributed by atoms with Crippen LogP contribution in [0.15, 0.2) is 217 Å². The number of fused-ring (bicyclic) bond motifs is 11. The molecule has 0 aliphatic rings. The molecule has 0 amide bonds. The van der Waals surface area contributed by atoms with Crippen molar-refractivity contribution in [3.63, 3.8) is 0 Å². The minimum absolute atomic E-state index is 0.518. The maximum absolute atomic E-state index is 6.99. The molecule has 0 saturated heterocycles. The van der Waals surface area contributed by atoms with E-state index in [0.717, 1.165) is 93.4 Å². The normalized spacial score (nSPS) is 12.0. The highest BCUT2D eigenvalue weighted by Crippen LogP contribution is 2.44. The van der Waals surface area contributed by atoms with Crippen molar-refractivity contribution in [2.45, 2.75) is 0 Å². The van der Waals surface area contributed by atoms with E-state index in [1.165, 1.54) is 16.2 Å². The lowest BCUT2D eigenvalue weighted by Crippen LogP contribution is -2.05. The molecule has 0 radical (unpaired) electrons. The van der Waals surface area contributed by atoms with Gasteiger partial charge in [0.1, 0.15) is 11.2 Å². The van der Waals surface area contributed by atoms with Crippen LogP contribution in [-0.2, 0) is 0 Å². The first-order chi connectivity index (χ1) is 32.2. The fraction of sp³-hybridized carbons (Fsp3) is 0. The van der Waals surface area contributed by atoms with E-state index in [1.807, 2.05) is 12.1 Å². The topological polar surface area (TPSA) is 61.7 Å². The lowest BCUT2D eigenvalue weighted by molar-refractivity contribution is 0.669.